The van der Waals surface area contributed by atoms with Crippen LogP contribution < -0.4 is 19.6 Å². The van der Waals surface area contributed by atoms with Crippen LogP contribution in [-0.2, 0) is 10.2 Å². The van der Waals surface area contributed by atoms with Gasteiger partial charge in [0.1, 0.15) is 17.2 Å². The molecule has 6 heteroatoms. The molecule has 0 radical (unpaired) electrons. The molecule has 2 aromatic carbocycles. The van der Waals surface area contributed by atoms with Crippen molar-refractivity contribution in [2.75, 3.05) is 20.8 Å². The molecule has 0 atom stereocenters. The Bertz CT molecular complexity index is 897. The Morgan fingerprint density at radius 3 is 2.19 bits per heavy atom. The molecule has 0 unspecified atom stereocenters. The van der Waals surface area contributed by atoms with Crippen molar-refractivity contribution in [1.82, 2.24) is 5.43 Å². The van der Waals surface area contributed by atoms with Crippen molar-refractivity contribution in [3.8, 4) is 17.2 Å². The number of hydrogen-bond acceptors (Lipinski definition) is 5. The lowest BCUT2D eigenvalue weighted by molar-refractivity contribution is -0.123. The van der Waals surface area contributed by atoms with Gasteiger partial charge in [-0.2, -0.15) is 5.10 Å². The monoisotopic (exact) mass is 426 g/mol. The zero-order valence-electron chi connectivity index (χ0n) is 19.6. The lowest BCUT2D eigenvalue weighted by atomic mass is 9.72. The molecule has 0 saturated heterocycles. The van der Waals surface area contributed by atoms with Crippen molar-refractivity contribution >= 4 is 12.1 Å². The molecule has 2 rings (SSSR count). The van der Waals surface area contributed by atoms with E-state index in [0.717, 1.165) is 12.0 Å². The maximum absolute atomic E-state index is 12.0. The number of ether oxygens (including phenoxy) is 3. The third-order valence-corrected chi connectivity index (χ3v) is 4.81. The molecule has 2 aromatic rings. The maximum atomic E-state index is 12.0. The average Bonchev–Trinajstić information content (AvgIpc) is 2.71. The number of hydrazone groups is 1. The van der Waals surface area contributed by atoms with Crippen molar-refractivity contribution in [2.24, 2.45) is 10.5 Å². The zero-order valence-corrected chi connectivity index (χ0v) is 19.6. The molecule has 31 heavy (non-hydrogen) atoms. The van der Waals surface area contributed by atoms with E-state index in [2.05, 4.69) is 57.3 Å². The van der Waals surface area contributed by atoms with Gasteiger partial charge in [-0.15, -0.1) is 0 Å². The van der Waals surface area contributed by atoms with Gasteiger partial charge in [0.2, 0.25) is 0 Å². The van der Waals surface area contributed by atoms with Crippen LogP contribution >= 0.6 is 0 Å². The van der Waals surface area contributed by atoms with E-state index < -0.39 is 0 Å². The van der Waals surface area contributed by atoms with Crippen LogP contribution in [0.25, 0.3) is 0 Å². The standard InChI is InChI=1S/C25H34N2O4/c1-24(2,3)17-25(4,5)19-9-12-20(13-10-19)31-16-23(28)27-26-15-18-8-11-21(29-6)14-22(18)30-7/h8-15H,16-17H2,1-7H3,(H,27,28)/b26-15+. The number of amides is 1. The van der Waals surface area contributed by atoms with E-state index in [1.54, 1.807) is 32.4 Å². The van der Waals surface area contributed by atoms with E-state index in [0.29, 0.717) is 17.2 Å². The predicted octanol–water partition coefficient (Wildman–Crippen LogP) is 4.95. The highest BCUT2D eigenvalue weighted by molar-refractivity contribution is 5.85. The molecule has 0 heterocycles. The maximum Gasteiger partial charge on any atom is 0.277 e. The minimum atomic E-state index is -0.346. The molecule has 1 N–H and O–H groups in total. The molecule has 0 aliphatic carbocycles. The van der Waals surface area contributed by atoms with Gasteiger partial charge in [-0.25, -0.2) is 5.43 Å². The predicted molar refractivity (Wildman–Crippen MR) is 124 cm³/mol. The lowest BCUT2D eigenvalue weighted by Gasteiger charge is -2.33. The second-order valence-corrected chi connectivity index (χ2v) is 9.34. The van der Waals surface area contributed by atoms with E-state index in [1.165, 1.54) is 11.8 Å². The Labute approximate surface area is 185 Å². The molecule has 0 fully saturated rings. The van der Waals surface area contributed by atoms with Crippen LogP contribution in [0.15, 0.2) is 47.6 Å². The van der Waals surface area contributed by atoms with Gasteiger partial charge in [-0.05, 0) is 47.1 Å². The van der Waals surface area contributed by atoms with Crippen LogP contribution in [0.2, 0.25) is 0 Å². The number of carbonyl (C=O) groups is 1. The highest BCUT2D eigenvalue weighted by Gasteiger charge is 2.27. The summed E-state index contributed by atoms with van der Waals surface area (Å²) in [5.74, 6) is 1.58. The Balaban J connectivity index is 1.88. The molecule has 0 aromatic heterocycles. The first kappa shape index (κ1) is 24.3. The van der Waals surface area contributed by atoms with Crippen molar-refractivity contribution in [3.63, 3.8) is 0 Å². The number of carbonyl (C=O) groups excluding carboxylic acids is 1. The van der Waals surface area contributed by atoms with Crippen molar-refractivity contribution in [1.29, 1.82) is 0 Å². The fourth-order valence-electron chi connectivity index (χ4n) is 3.71. The SMILES string of the molecule is COc1ccc(/C=N/NC(=O)COc2ccc(C(C)(C)CC(C)(C)C)cc2)c(OC)c1. The van der Waals surface area contributed by atoms with Crippen LogP contribution in [0.3, 0.4) is 0 Å². The largest absolute Gasteiger partial charge is 0.497 e. The Hall–Kier alpha value is -3.02. The van der Waals surface area contributed by atoms with Gasteiger partial charge in [0.25, 0.3) is 5.91 Å². The normalized spacial score (nSPS) is 12.0. The third-order valence-electron chi connectivity index (χ3n) is 4.81. The third kappa shape index (κ3) is 7.63. The summed E-state index contributed by atoms with van der Waals surface area (Å²) in [6, 6.07) is 13.3. The number of rotatable bonds is 9. The Morgan fingerprint density at radius 2 is 1.61 bits per heavy atom. The van der Waals surface area contributed by atoms with E-state index in [4.69, 9.17) is 14.2 Å². The van der Waals surface area contributed by atoms with Gasteiger partial charge in [-0.3, -0.25) is 4.79 Å². The van der Waals surface area contributed by atoms with Crippen LogP contribution in [-0.4, -0.2) is 32.9 Å². The van der Waals surface area contributed by atoms with Gasteiger partial charge in [-0.1, -0.05) is 46.8 Å². The first-order valence-corrected chi connectivity index (χ1v) is 10.3. The summed E-state index contributed by atoms with van der Waals surface area (Å²) in [6.45, 7) is 11.1. The first-order chi connectivity index (χ1) is 14.5. The molecule has 0 aliphatic rings. The zero-order chi connectivity index (χ0) is 23.1. The highest BCUT2D eigenvalue weighted by atomic mass is 16.5. The minimum Gasteiger partial charge on any atom is -0.497 e. The Morgan fingerprint density at radius 1 is 0.968 bits per heavy atom. The van der Waals surface area contributed by atoms with Crippen molar-refractivity contribution in [2.45, 2.75) is 46.5 Å². The van der Waals surface area contributed by atoms with E-state index in [9.17, 15) is 4.79 Å². The molecule has 0 saturated carbocycles. The van der Waals surface area contributed by atoms with Crippen LogP contribution in [0, 0.1) is 5.41 Å². The van der Waals surface area contributed by atoms with Crippen LogP contribution in [0.4, 0.5) is 0 Å². The molecular formula is C25H34N2O4. The second kappa shape index (κ2) is 10.3. The van der Waals surface area contributed by atoms with E-state index in [-0.39, 0.29) is 23.3 Å². The molecule has 168 valence electrons. The summed E-state index contributed by atoms with van der Waals surface area (Å²) < 4.78 is 16.1. The second-order valence-electron chi connectivity index (χ2n) is 9.34. The molecule has 0 spiro atoms. The number of nitrogens with zero attached hydrogens (tertiary/aromatic N) is 1. The summed E-state index contributed by atoms with van der Waals surface area (Å²) in [5, 5.41) is 3.97. The average molecular weight is 427 g/mol. The summed E-state index contributed by atoms with van der Waals surface area (Å²) in [6.07, 6.45) is 2.59. The highest BCUT2D eigenvalue weighted by Crippen LogP contribution is 2.36. The molecular weight excluding hydrogens is 392 g/mol. The Kier molecular flexibility index (Phi) is 8.08. The summed E-state index contributed by atoms with van der Waals surface area (Å²) >= 11 is 0. The molecule has 1 amide bonds. The number of methoxy groups -OCH3 is 2. The molecule has 6 nitrogen and oxygen atoms in total. The van der Waals surface area contributed by atoms with E-state index in [1.807, 2.05) is 12.1 Å². The molecule has 0 bridgehead atoms. The number of benzene rings is 2. The smallest absolute Gasteiger partial charge is 0.277 e. The fourth-order valence-corrected chi connectivity index (χ4v) is 3.71. The number of nitrogens with one attached hydrogen (secondary N) is 1. The lowest BCUT2D eigenvalue weighted by Crippen LogP contribution is -2.25. The van der Waals surface area contributed by atoms with E-state index >= 15 is 0 Å². The number of hydrogen-bond donors (Lipinski definition) is 1. The summed E-state index contributed by atoms with van der Waals surface area (Å²) in [4.78, 5) is 12.0. The molecule has 0 aliphatic heterocycles. The van der Waals surface area contributed by atoms with Gasteiger partial charge < -0.3 is 14.2 Å². The van der Waals surface area contributed by atoms with Gasteiger partial charge >= 0.3 is 0 Å². The summed E-state index contributed by atoms with van der Waals surface area (Å²) in [7, 11) is 3.15. The quantitative estimate of drug-likeness (QED) is 0.455. The first-order valence-electron chi connectivity index (χ1n) is 10.3. The fraction of sp³-hybridized carbons (Fsp3) is 0.440. The summed E-state index contributed by atoms with van der Waals surface area (Å²) in [5.41, 5.74) is 4.73. The topological polar surface area (TPSA) is 69.2 Å². The van der Waals surface area contributed by atoms with Gasteiger partial charge in [0, 0.05) is 11.6 Å². The van der Waals surface area contributed by atoms with Gasteiger partial charge in [0.05, 0.1) is 20.4 Å². The van der Waals surface area contributed by atoms with Crippen molar-refractivity contribution in [3.05, 3.63) is 53.6 Å². The van der Waals surface area contributed by atoms with Crippen molar-refractivity contribution < 1.29 is 19.0 Å². The van der Waals surface area contributed by atoms with Crippen LogP contribution in [0.5, 0.6) is 17.2 Å². The van der Waals surface area contributed by atoms with Gasteiger partial charge in [0.15, 0.2) is 6.61 Å². The minimum absolute atomic E-state index is 0.0609. The van der Waals surface area contributed by atoms with Crippen LogP contribution in [0.1, 0.15) is 52.2 Å².